The van der Waals surface area contributed by atoms with E-state index in [9.17, 15) is 4.79 Å². The summed E-state index contributed by atoms with van der Waals surface area (Å²) in [4.78, 5) is 11.7. The van der Waals surface area contributed by atoms with Crippen LogP contribution in [0.1, 0.15) is 45.1 Å². The van der Waals surface area contributed by atoms with Crippen LogP contribution in [0.25, 0.3) is 0 Å². The second-order valence-corrected chi connectivity index (χ2v) is 5.39. The number of hydrogen-bond donors (Lipinski definition) is 1. The molecule has 1 saturated carbocycles. The molecule has 2 rings (SSSR count). The average molecular weight is 273 g/mol. The summed E-state index contributed by atoms with van der Waals surface area (Å²) in [6.07, 6.45) is 7.28. The Kier molecular flexibility index (Phi) is 4.83. The van der Waals surface area contributed by atoms with Gasteiger partial charge in [-0.1, -0.05) is 31.2 Å². The van der Waals surface area contributed by atoms with Gasteiger partial charge in [0.25, 0.3) is 0 Å². The van der Waals surface area contributed by atoms with Gasteiger partial charge in [0.1, 0.15) is 5.75 Å². The summed E-state index contributed by atoms with van der Waals surface area (Å²) >= 11 is 0. The molecule has 0 bridgehead atoms. The van der Waals surface area contributed by atoms with E-state index in [2.05, 4.69) is 11.4 Å². The second kappa shape index (κ2) is 6.60. The molecule has 1 fully saturated rings. The molecule has 1 N–H and O–H groups in total. The molecule has 0 spiro atoms. The number of carbonyl (C=O) groups is 1. The minimum atomic E-state index is 0.0710. The van der Waals surface area contributed by atoms with Crippen molar-refractivity contribution in [2.24, 2.45) is 0 Å². The van der Waals surface area contributed by atoms with Crippen LogP contribution >= 0.6 is 0 Å². The van der Waals surface area contributed by atoms with Gasteiger partial charge < -0.3 is 10.1 Å². The van der Waals surface area contributed by atoms with Crippen molar-refractivity contribution in [1.82, 2.24) is 5.32 Å². The predicted molar refractivity (Wildman–Crippen MR) is 80.7 cm³/mol. The maximum Gasteiger partial charge on any atom is 0.220 e. The van der Waals surface area contributed by atoms with Crippen molar-refractivity contribution in [1.29, 1.82) is 0 Å². The summed E-state index contributed by atoms with van der Waals surface area (Å²) in [6.45, 7) is 4.66. The van der Waals surface area contributed by atoms with E-state index < -0.39 is 0 Å². The number of amides is 1. The van der Waals surface area contributed by atoms with Gasteiger partial charge in [-0.2, -0.15) is 0 Å². The quantitative estimate of drug-likeness (QED) is 0.772. The third-order valence-corrected chi connectivity index (χ3v) is 3.74. The lowest BCUT2D eigenvalue weighted by atomic mass is 9.95. The maximum atomic E-state index is 11.7. The summed E-state index contributed by atoms with van der Waals surface area (Å²) in [5.41, 5.74) is 1.27. The van der Waals surface area contributed by atoms with Crippen LogP contribution in [0.4, 0.5) is 0 Å². The van der Waals surface area contributed by atoms with Gasteiger partial charge in [-0.3, -0.25) is 4.79 Å². The summed E-state index contributed by atoms with van der Waals surface area (Å²) < 4.78 is 5.67. The lowest BCUT2D eigenvalue weighted by molar-refractivity contribution is -0.121. The van der Waals surface area contributed by atoms with Crippen LogP contribution in [-0.4, -0.2) is 12.5 Å². The highest BCUT2D eigenvalue weighted by atomic mass is 16.5. The fourth-order valence-electron chi connectivity index (χ4n) is 2.42. The van der Waals surface area contributed by atoms with E-state index in [0.29, 0.717) is 13.0 Å². The van der Waals surface area contributed by atoms with Gasteiger partial charge in [0.05, 0.1) is 6.26 Å². The van der Waals surface area contributed by atoms with Gasteiger partial charge in [-0.25, -0.2) is 0 Å². The van der Waals surface area contributed by atoms with Crippen molar-refractivity contribution in [3.05, 3.63) is 42.2 Å². The topological polar surface area (TPSA) is 38.3 Å². The molecule has 0 radical (unpaired) electrons. The molecule has 1 amide bonds. The average Bonchev–Trinajstić information content (AvgIpc) is 3.25. The molecule has 0 unspecified atom stereocenters. The summed E-state index contributed by atoms with van der Waals surface area (Å²) in [5, 5.41) is 3.06. The summed E-state index contributed by atoms with van der Waals surface area (Å²) in [6, 6.07) is 8.11. The van der Waals surface area contributed by atoms with E-state index in [4.69, 9.17) is 4.74 Å². The first-order valence-electron chi connectivity index (χ1n) is 7.36. The van der Waals surface area contributed by atoms with E-state index >= 15 is 0 Å². The SMILES string of the molecule is CC=COc1ccccc1C1(CNC(=O)CCC)CC1. The maximum absolute atomic E-state index is 11.7. The van der Waals surface area contributed by atoms with E-state index in [1.807, 2.05) is 38.1 Å². The summed E-state index contributed by atoms with van der Waals surface area (Å²) in [7, 11) is 0. The fourth-order valence-corrected chi connectivity index (χ4v) is 2.42. The number of benzene rings is 1. The normalized spacial score (nSPS) is 16.1. The van der Waals surface area contributed by atoms with Crippen molar-refractivity contribution in [2.45, 2.75) is 44.9 Å². The Bertz CT molecular complexity index is 490. The van der Waals surface area contributed by atoms with Crippen molar-refractivity contribution in [3.8, 4) is 5.75 Å². The van der Waals surface area contributed by atoms with Crippen LogP contribution in [0.2, 0.25) is 0 Å². The molecule has 1 aliphatic carbocycles. The van der Waals surface area contributed by atoms with Crippen molar-refractivity contribution >= 4 is 5.91 Å². The highest BCUT2D eigenvalue weighted by molar-refractivity contribution is 5.76. The highest BCUT2D eigenvalue weighted by Crippen LogP contribution is 2.50. The van der Waals surface area contributed by atoms with Gasteiger partial charge in [0, 0.05) is 23.9 Å². The molecule has 0 atom stereocenters. The van der Waals surface area contributed by atoms with Crippen LogP contribution in [0.3, 0.4) is 0 Å². The number of nitrogens with one attached hydrogen (secondary N) is 1. The molecule has 0 aliphatic heterocycles. The molecule has 108 valence electrons. The Morgan fingerprint density at radius 3 is 2.80 bits per heavy atom. The third kappa shape index (κ3) is 3.41. The summed E-state index contributed by atoms with van der Waals surface area (Å²) in [5.74, 6) is 1.04. The molecular weight excluding hydrogens is 250 g/mol. The number of rotatable bonds is 7. The van der Waals surface area contributed by atoms with Crippen LogP contribution in [0.15, 0.2) is 36.6 Å². The molecule has 1 aliphatic rings. The number of carbonyl (C=O) groups excluding carboxylic acids is 1. The zero-order chi connectivity index (χ0) is 14.4. The number of allylic oxidation sites excluding steroid dienone is 1. The van der Waals surface area contributed by atoms with Gasteiger partial charge in [-0.05, 0) is 32.3 Å². The minimum Gasteiger partial charge on any atom is -0.465 e. The van der Waals surface area contributed by atoms with Crippen molar-refractivity contribution in [2.75, 3.05) is 6.54 Å². The largest absolute Gasteiger partial charge is 0.465 e. The highest BCUT2D eigenvalue weighted by Gasteiger charge is 2.46. The zero-order valence-electron chi connectivity index (χ0n) is 12.3. The Morgan fingerprint density at radius 1 is 1.40 bits per heavy atom. The lowest BCUT2D eigenvalue weighted by Crippen LogP contribution is -2.32. The Morgan fingerprint density at radius 2 is 2.15 bits per heavy atom. The van der Waals surface area contributed by atoms with E-state index in [0.717, 1.165) is 25.0 Å². The minimum absolute atomic E-state index is 0.0710. The molecule has 0 aromatic heterocycles. The Balaban J connectivity index is 2.08. The number of hydrogen-bond acceptors (Lipinski definition) is 2. The first-order chi connectivity index (χ1) is 9.72. The standard InChI is InChI=1S/C17H23NO2/c1-3-7-16(19)18-13-17(10-11-17)14-8-5-6-9-15(14)20-12-4-2/h4-6,8-9,12H,3,7,10-11,13H2,1-2H3,(H,18,19). The predicted octanol–water partition coefficient (Wildman–Crippen LogP) is 3.55. The van der Waals surface area contributed by atoms with Gasteiger partial charge in [0.15, 0.2) is 0 Å². The van der Waals surface area contributed by atoms with Crippen LogP contribution < -0.4 is 10.1 Å². The molecule has 1 aromatic carbocycles. The molecular formula is C17H23NO2. The van der Waals surface area contributed by atoms with Gasteiger partial charge in [-0.15, -0.1) is 0 Å². The fraction of sp³-hybridized carbons (Fsp3) is 0.471. The zero-order valence-corrected chi connectivity index (χ0v) is 12.3. The molecule has 1 aromatic rings. The monoisotopic (exact) mass is 273 g/mol. The first kappa shape index (κ1) is 14.6. The van der Waals surface area contributed by atoms with E-state index in [-0.39, 0.29) is 11.3 Å². The van der Waals surface area contributed by atoms with Gasteiger partial charge >= 0.3 is 0 Å². The Labute approximate surface area is 121 Å². The molecule has 3 nitrogen and oxygen atoms in total. The lowest BCUT2D eigenvalue weighted by Gasteiger charge is -2.19. The van der Waals surface area contributed by atoms with E-state index in [1.54, 1.807) is 6.26 Å². The van der Waals surface area contributed by atoms with Crippen molar-refractivity contribution in [3.63, 3.8) is 0 Å². The van der Waals surface area contributed by atoms with Crippen LogP contribution in [0, 0.1) is 0 Å². The first-order valence-corrected chi connectivity index (χ1v) is 7.36. The number of ether oxygens (including phenoxy) is 1. The molecule has 20 heavy (non-hydrogen) atoms. The van der Waals surface area contributed by atoms with Gasteiger partial charge in [0.2, 0.25) is 5.91 Å². The molecule has 0 saturated heterocycles. The van der Waals surface area contributed by atoms with Crippen molar-refractivity contribution < 1.29 is 9.53 Å². The molecule has 0 heterocycles. The van der Waals surface area contributed by atoms with E-state index in [1.165, 1.54) is 5.56 Å². The number of para-hydroxylation sites is 1. The van der Waals surface area contributed by atoms with Crippen LogP contribution in [0.5, 0.6) is 5.75 Å². The smallest absolute Gasteiger partial charge is 0.220 e. The third-order valence-electron chi connectivity index (χ3n) is 3.74. The Hall–Kier alpha value is -1.77. The van der Waals surface area contributed by atoms with Crippen LogP contribution in [-0.2, 0) is 10.2 Å². The molecule has 3 heteroatoms. The second-order valence-electron chi connectivity index (χ2n) is 5.39.